The SMILES string of the molecule is C=CCNC(=O)SC(C)(C)C. The Morgan fingerprint density at radius 1 is 1.64 bits per heavy atom. The van der Waals surface area contributed by atoms with E-state index in [0.717, 1.165) is 0 Å². The second-order valence-electron chi connectivity index (χ2n) is 3.17. The molecule has 11 heavy (non-hydrogen) atoms. The van der Waals surface area contributed by atoms with E-state index in [1.807, 2.05) is 20.8 Å². The number of hydrogen-bond acceptors (Lipinski definition) is 2. The van der Waals surface area contributed by atoms with E-state index < -0.39 is 0 Å². The average Bonchev–Trinajstić information content (AvgIpc) is 1.79. The fraction of sp³-hybridized carbons (Fsp3) is 0.625. The van der Waals surface area contributed by atoms with E-state index in [2.05, 4.69) is 11.9 Å². The summed E-state index contributed by atoms with van der Waals surface area (Å²) in [7, 11) is 0. The average molecular weight is 173 g/mol. The molecule has 0 atom stereocenters. The molecular weight excluding hydrogens is 158 g/mol. The van der Waals surface area contributed by atoms with E-state index in [9.17, 15) is 4.79 Å². The van der Waals surface area contributed by atoms with Gasteiger partial charge in [-0.15, -0.1) is 6.58 Å². The number of carbonyl (C=O) groups is 1. The van der Waals surface area contributed by atoms with E-state index in [1.165, 1.54) is 11.8 Å². The number of hydrogen-bond donors (Lipinski definition) is 1. The zero-order valence-electron chi connectivity index (χ0n) is 7.31. The van der Waals surface area contributed by atoms with Crippen LogP contribution < -0.4 is 5.32 Å². The van der Waals surface area contributed by atoms with Gasteiger partial charge in [0.05, 0.1) is 0 Å². The smallest absolute Gasteiger partial charge is 0.279 e. The monoisotopic (exact) mass is 173 g/mol. The van der Waals surface area contributed by atoms with Crippen LogP contribution >= 0.6 is 11.8 Å². The van der Waals surface area contributed by atoms with Crippen LogP contribution in [0.15, 0.2) is 12.7 Å². The van der Waals surface area contributed by atoms with Crippen LogP contribution in [-0.2, 0) is 0 Å². The molecule has 0 radical (unpaired) electrons. The van der Waals surface area contributed by atoms with Gasteiger partial charge >= 0.3 is 0 Å². The molecule has 64 valence electrons. The molecule has 0 saturated carbocycles. The van der Waals surface area contributed by atoms with Crippen LogP contribution in [0.2, 0.25) is 0 Å². The molecule has 0 aromatic heterocycles. The molecule has 0 bridgehead atoms. The van der Waals surface area contributed by atoms with Crippen molar-refractivity contribution in [2.45, 2.75) is 25.5 Å². The first kappa shape index (κ1) is 10.6. The van der Waals surface area contributed by atoms with Gasteiger partial charge in [0.1, 0.15) is 0 Å². The Morgan fingerprint density at radius 3 is 2.55 bits per heavy atom. The van der Waals surface area contributed by atoms with Gasteiger partial charge in [-0.05, 0) is 0 Å². The van der Waals surface area contributed by atoms with Gasteiger partial charge in [0, 0.05) is 11.3 Å². The van der Waals surface area contributed by atoms with Crippen molar-refractivity contribution in [2.75, 3.05) is 6.54 Å². The predicted molar refractivity (Wildman–Crippen MR) is 50.9 cm³/mol. The van der Waals surface area contributed by atoms with E-state index in [-0.39, 0.29) is 9.99 Å². The molecule has 0 rings (SSSR count). The fourth-order valence-corrected chi connectivity index (χ4v) is 1.18. The van der Waals surface area contributed by atoms with Crippen molar-refractivity contribution < 1.29 is 4.79 Å². The Hall–Kier alpha value is -0.440. The summed E-state index contributed by atoms with van der Waals surface area (Å²) in [6.07, 6.45) is 1.67. The molecule has 1 amide bonds. The summed E-state index contributed by atoms with van der Waals surface area (Å²) in [5.74, 6) is 0. The van der Waals surface area contributed by atoms with E-state index in [1.54, 1.807) is 6.08 Å². The number of thioether (sulfide) groups is 1. The summed E-state index contributed by atoms with van der Waals surface area (Å²) in [5, 5.41) is 2.71. The van der Waals surface area contributed by atoms with Crippen molar-refractivity contribution in [1.82, 2.24) is 5.32 Å². The zero-order valence-corrected chi connectivity index (χ0v) is 8.12. The van der Waals surface area contributed by atoms with E-state index >= 15 is 0 Å². The van der Waals surface area contributed by atoms with Crippen LogP contribution in [0, 0.1) is 0 Å². The number of amides is 1. The predicted octanol–water partition coefficient (Wildman–Crippen LogP) is 2.41. The number of carbonyl (C=O) groups excluding carboxylic acids is 1. The second-order valence-corrected chi connectivity index (χ2v) is 4.97. The highest BCUT2D eigenvalue weighted by atomic mass is 32.2. The summed E-state index contributed by atoms with van der Waals surface area (Å²) >= 11 is 1.30. The molecule has 0 unspecified atom stereocenters. The fourth-order valence-electron chi connectivity index (χ4n) is 0.470. The van der Waals surface area contributed by atoms with Gasteiger partial charge in [-0.25, -0.2) is 0 Å². The van der Waals surface area contributed by atoms with Crippen molar-refractivity contribution in [3.05, 3.63) is 12.7 Å². The lowest BCUT2D eigenvalue weighted by Crippen LogP contribution is -2.23. The third-order valence-corrected chi connectivity index (χ3v) is 1.73. The summed E-state index contributed by atoms with van der Waals surface area (Å²) in [6.45, 7) is 10.1. The highest BCUT2D eigenvalue weighted by molar-refractivity contribution is 8.14. The number of rotatable bonds is 2. The van der Waals surface area contributed by atoms with Crippen LogP contribution in [-0.4, -0.2) is 16.5 Å². The maximum atomic E-state index is 11.0. The van der Waals surface area contributed by atoms with Gasteiger partial charge in [0.15, 0.2) is 0 Å². The topological polar surface area (TPSA) is 29.1 Å². The largest absolute Gasteiger partial charge is 0.344 e. The standard InChI is InChI=1S/C8H15NOS/c1-5-6-9-7(10)11-8(2,3)4/h5H,1,6H2,2-4H3,(H,9,10). The first-order chi connectivity index (χ1) is 4.95. The van der Waals surface area contributed by atoms with Gasteiger partial charge in [0.25, 0.3) is 5.24 Å². The highest BCUT2D eigenvalue weighted by Gasteiger charge is 2.15. The molecular formula is C8H15NOS. The molecule has 0 aliphatic heterocycles. The third kappa shape index (κ3) is 7.46. The molecule has 0 aliphatic rings. The molecule has 0 aliphatic carbocycles. The summed E-state index contributed by atoms with van der Waals surface area (Å²) in [5.41, 5.74) is 0. The summed E-state index contributed by atoms with van der Waals surface area (Å²) in [6, 6.07) is 0. The van der Waals surface area contributed by atoms with Gasteiger partial charge < -0.3 is 5.32 Å². The van der Waals surface area contributed by atoms with Crippen LogP contribution in [0.3, 0.4) is 0 Å². The summed E-state index contributed by atoms with van der Waals surface area (Å²) in [4.78, 5) is 11.0. The van der Waals surface area contributed by atoms with Gasteiger partial charge in [-0.2, -0.15) is 0 Å². The molecule has 0 fully saturated rings. The molecule has 0 saturated heterocycles. The first-order valence-corrected chi connectivity index (χ1v) is 4.35. The Balaban J connectivity index is 3.61. The highest BCUT2D eigenvalue weighted by Crippen LogP contribution is 2.23. The van der Waals surface area contributed by atoms with Crippen molar-refractivity contribution in [1.29, 1.82) is 0 Å². The minimum absolute atomic E-state index is 0.00868. The lowest BCUT2D eigenvalue weighted by Gasteiger charge is -2.15. The molecule has 3 heteroatoms. The Bertz CT molecular complexity index is 149. The normalized spacial score (nSPS) is 10.8. The van der Waals surface area contributed by atoms with Crippen LogP contribution in [0.5, 0.6) is 0 Å². The van der Waals surface area contributed by atoms with Gasteiger partial charge in [0.2, 0.25) is 0 Å². The Labute approximate surface area is 72.4 Å². The van der Waals surface area contributed by atoms with Gasteiger partial charge in [-0.1, -0.05) is 38.6 Å². The Morgan fingerprint density at radius 2 is 2.18 bits per heavy atom. The molecule has 2 nitrogen and oxygen atoms in total. The lowest BCUT2D eigenvalue weighted by molar-refractivity contribution is 0.261. The van der Waals surface area contributed by atoms with Crippen LogP contribution in [0.25, 0.3) is 0 Å². The molecule has 0 aromatic carbocycles. The molecule has 0 heterocycles. The quantitative estimate of drug-likeness (QED) is 0.650. The third-order valence-electron chi connectivity index (χ3n) is 0.790. The number of nitrogens with one attached hydrogen (secondary N) is 1. The van der Waals surface area contributed by atoms with Crippen LogP contribution in [0.1, 0.15) is 20.8 Å². The van der Waals surface area contributed by atoms with E-state index in [0.29, 0.717) is 6.54 Å². The lowest BCUT2D eigenvalue weighted by atomic mass is 10.3. The molecule has 0 spiro atoms. The van der Waals surface area contributed by atoms with Crippen molar-refractivity contribution >= 4 is 17.0 Å². The van der Waals surface area contributed by atoms with E-state index in [4.69, 9.17) is 0 Å². The zero-order chi connectivity index (χ0) is 8.91. The maximum absolute atomic E-state index is 11.0. The molecule has 0 aromatic rings. The first-order valence-electron chi connectivity index (χ1n) is 3.53. The van der Waals surface area contributed by atoms with Crippen molar-refractivity contribution in [3.8, 4) is 0 Å². The summed E-state index contributed by atoms with van der Waals surface area (Å²) < 4.78 is -0.00868. The van der Waals surface area contributed by atoms with Crippen molar-refractivity contribution in [3.63, 3.8) is 0 Å². The molecule has 1 N–H and O–H groups in total. The maximum Gasteiger partial charge on any atom is 0.279 e. The Kier molecular flexibility index (Phi) is 4.26. The van der Waals surface area contributed by atoms with Crippen LogP contribution in [0.4, 0.5) is 4.79 Å². The van der Waals surface area contributed by atoms with Crippen molar-refractivity contribution in [2.24, 2.45) is 0 Å². The second kappa shape index (κ2) is 4.44. The van der Waals surface area contributed by atoms with Gasteiger partial charge in [-0.3, -0.25) is 4.79 Å². The minimum Gasteiger partial charge on any atom is -0.344 e. The minimum atomic E-state index is -0.00868.